The number of para-hydroxylation sites is 1. The zero-order chi connectivity index (χ0) is 13.0. The van der Waals surface area contributed by atoms with Crippen molar-refractivity contribution in [1.82, 2.24) is 10.2 Å². The molecule has 1 aromatic rings. The molecule has 3 nitrogen and oxygen atoms in total. The minimum absolute atomic E-state index is 0.434. The Bertz CT molecular complexity index is 392. The Morgan fingerprint density at radius 2 is 2.28 bits per heavy atom. The van der Waals surface area contributed by atoms with E-state index in [9.17, 15) is 5.11 Å². The molecular weight excluding hydrogens is 224 g/mol. The first-order valence-electron chi connectivity index (χ1n) is 6.94. The minimum atomic E-state index is 0.434. The van der Waals surface area contributed by atoms with Gasteiger partial charge >= 0.3 is 0 Å². The van der Waals surface area contributed by atoms with E-state index in [-0.39, 0.29) is 0 Å². The second kappa shape index (κ2) is 6.21. The van der Waals surface area contributed by atoms with E-state index in [4.69, 9.17) is 0 Å². The highest BCUT2D eigenvalue weighted by molar-refractivity contribution is 5.39. The summed E-state index contributed by atoms with van der Waals surface area (Å²) in [6, 6.07) is 6.60. The number of phenols is 1. The van der Waals surface area contributed by atoms with Gasteiger partial charge in [-0.25, -0.2) is 0 Å². The molecule has 1 saturated heterocycles. The van der Waals surface area contributed by atoms with E-state index in [0.717, 1.165) is 30.8 Å². The van der Waals surface area contributed by atoms with E-state index >= 15 is 0 Å². The largest absolute Gasteiger partial charge is 0.507 e. The van der Waals surface area contributed by atoms with Crippen molar-refractivity contribution in [2.24, 2.45) is 0 Å². The molecule has 1 aliphatic rings. The molecule has 1 unspecified atom stereocenters. The molecule has 0 saturated carbocycles. The van der Waals surface area contributed by atoms with Gasteiger partial charge in [0.15, 0.2) is 0 Å². The van der Waals surface area contributed by atoms with Gasteiger partial charge in [0.1, 0.15) is 5.75 Å². The maximum Gasteiger partial charge on any atom is 0.122 e. The topological polar surface area (TPSA) is 35.5 Å². The Balaban J connectivity index is 1.83. The van der Waals surface area contributed by atoms with Gasteiger partial charge in [0, 0.05) is 24.7 Å². The van der Waals surface area contributed by atoms with E-state index in [2.05, 4.69) is 17.1 Å². The monoisotopic (exact) mass is 248 g/mol. The Hall–Kier alpha value is -1.06. The SMILES string of the molecule is CCN1CCCC1CNCc1cccc(C)c1O. The summed E-state index contributed by atoms with van der Waals surface area (Å²) in [6.45, 7) is 8.31. The first-order chi connectivity index (χ1) is 8.72. The van der Waals surface area contributed by atoms with Crippen LogP contribution in [0.2, 0.25) is 0 Å². The van der Waals surface area contributed by atoms with Crippen molar-refractivity contribution >= 4 is 0 Å². The van der Waals surface area contributed by atoms with Crippen LogP contribution in [0.5, 0.6) is 5.75 Å². The number of likely N-dealkylation sites (tertiary alicyclic amines) is 1. The van der Waals surface area contributed by atoms with E-state index in [1.54, 1.807) is 0 Å². The lowest BCUT2D eigenvalue weighted by Crippen LogP contribution is -2.37. The van der Waals surface area contributed by atoms with Gasteiger partial charge in [-0.1, -0.05) is 25.1 Å². The highest BCUT2D eigenvalue weighted by Gasteiger charge is 2.22. The molecule has 0 aromatic heterocycles. The fourth-order valence-electron chi connectivity index (χ4n) is 2.78. The zero-order valence-corrected chi connectivity index (χ0v) is 11.4. The smallest absolute Gasteiger partial charge is 0.122 e. The van der Waals surface area contributed by atoms with Crippen LogP contribution >= 0.6 is 0 Å². The molecule has 2 N–H and O–H groups in total. The number of hydrogen-bond donors (Lipinski definition) is 2. The molecule has 0 radical (unpaired) electrons. The number of nitrogens with one attached hydrogen (secondary N) is 1. The van der Waals surface area contributed by atoms with Gasteiger partial charge in [-0.15, -0.1) is 0 Å². The standard InChI is InChI=1S/C15H24N2O/c1-3-17-9-5-8-14(17)11-16-10-13-7-4-6-12(2)15(13)18/h4,6-7,14,16,18H,3,5,8-11H2,1-2H3. The molecule has 0 bridgehead atoms. The third kappa shape index (κ3) is 3.03. The fourth-order valence-corrected chi connectivity index (χ4v) is 2.78. The van der Waals surface area contributed by atoms with Crippen molar-refractivity contribution in [3.63, 3.8) is 0 Å². The van der Waals surface area contributed by atoms with Crippen molar-refractivity contribution in [2.45, 2.75) is 39.3 Å². The van der Waals surface area contributed by atoms with E-state index in [1.807, 2.05) is 25.1 Å². The van der Waals surface area contributed by atoms with Crippen molar-refractivity contribution in [3.05, 3.63) is 29.3 Å². The molecular formula is C15H24N2O. The van der Waals surface area contributed by atoms with Crippen LogP contribution in [0.25, 0.3) is 0 Å². The van der Waals surface area contributed by atoms with Crippen LogP contribution in [-0.2, 0) is 6.54 Å². The molecule has 18 heavy (non-hydrogen) atoms. The highest BCUT2D eigenvalue weighted by Crippen LogP contribution is 2.21. The Morgan fingerprint density at radius 1 is 1.44 bits per heavy atom. The summed E-state index contributed by atoms with van der Waals surface area (Å²) in [7, 11) is 0. The molecule has 100 valence electrons. The van der Waals surface area contributed by atoms with Crippen LogP contribution in [0.1, 0.15) is 30.9 Å². The number of phenolic OH excluding ortho intramolecular Hbond substituents is 1. The van der Waals surface area contributed by atoms with Gasteiger partial charge in [-0.05, 0) is 38.4 Å². The van der Waals surface area contributed by atoms with Gasteiger partial charge in [0.2, 0.25) is 0 Å². The molecule has 1 fully saturated rings. The first-order valence-corrected chi connectivity index (χ1v) is 6.94. The average molecular weight is 248 g/mol. The third-order valence-corrected chi connectivity index (χ3v) is 3.92. The lowest BCUT2D eigenvalue weighted by molar-refractivity contribution is 0.259. The molecule has 3 heteroatoms. The molecule has 0 amide bonds. The molecule has 1 aromatic carbocycles. The summed E-state index contributed by atoms with van der Waals surface area (Å²) < 4.78 is 0. The summed E-state index contributed by atoms with van der Waals surface area (Å²) in [6.07, 6.45) is 2.61. The number of likely N-dealkylation sites (N-methyl/N-ethyl adjacent to an activating group) is 1. The predicted molar refractivity (Wildman–Crippen MR) is 74.8 cm³/mol. The Labute approximate surface area is 110 Å². The number of nitrogens with zero attached hydrogens (tertiary/aromatic N) is 1. The van der Waals surface area contributed by atoms with Crippen molar-refractivity contribution < 1.29 is 5.11 Å². The number of benzene rings is 1. The Morgan fingerprint density at radius 3 is 3.06 bits per heavy atom. The first kappa shape index (κ1) is 13.4. The summed E-state index contributed by atoms with van der Waals surface area (Å²) in [5, 5.41) is 13.4. The molecule has 1 aliphatic heterocycles. The van der Waals surface area contributed by atoms with E-state index in [1.165, 1.54) is 19.4 Å². The number of aryl methyl sites for hydroxylation is 1. The molecule has 2 rings (SSSR count). The van der Waals surface area contributed by atoms with Crippen LogP contribution in [-0.4, -0.2) is 35.7 Å². The summed E-state index contributed by atoms with van der Waals surface area (Å²) in [5.41, 5.74) is 1.95. The Kier molecular flexibility index (Phi) is 4.61. The molecule has 0 aliphatic carbocycles. The predicted octanol–water partition coefficient (Wildman–Crippen LogP) is 2.27. The maximum absolute atomic E-state index is 9.94. The molecule has 1 heterocycles. The number of aromatic hydroxyl groups is 1. The van der Waals surface area contributed by atoms with Crippen LogP contribution in [0, 0.1) is 6.92 Å². The van der Waals surface area contributed by atoms with E-state index < -0.39 is 0 Å². The quantitative estimate of drug-likeness (QED) is 0.839. The number of hydrogen-bond acceptors (Lipinski definition) is 3. The van der Waals surface area contributed by atoms with Gasteiger partial charge in [0.25, 0.3) is 0 Å². The van der Waals surface area contributed by atoms with Crippen LogP contribution in [0.4, 0.5) is 0 Å². The lowest BCUT2D eigenvalue weighted by atomic mass is 10.1. The van der Waals surface area contributed by atoms with Gasteiger partial charge < -0.3 is 10.4 Å². The number of rotatable bonds is 5. The summed E-state index contributed by atoms with van der Waals surface area (Å²) in [5.74, 6) is 0.434. The average Bonchev–Trinajstić information content (AvgIpc) is 2.82. The normalized spacial score (nSPS) is 20.4. The van der Waals surface area contributed by atoms with Gasteiger partial charge in [-0.2, -0.15) is 0 Å². The lowest BCUT2D eigenvalue weighted by Gasteiger charge is -2.23. The second-order valence-electron chi connectivity index (χ2n) is 5.14. The van der Waals surface area contributed by atoms with Crippen molar-refractivity contribution in [3.8, 4) is 5.75 Å². The minimum Gasteiger partial charge on any atom is -0.507 e. The van der Waals surface area contributed by atoms with Crippen molar-refractivity contribution in [2.75, 3.05) is 19.6 Å². The van der Waals surface area contributed by atoms with Crippen LogP contribution < -0.4 is 5.32 Å². The van der Waals surface area contributed by atoms with E-state index in [0.29, 0.717) is 11.8 Å². The zero-order valence-electron chi connectivity index (χ0n) is 11.4. The maximum atomic E-state index is 9.94. The van der Waals surface area contributed by atoms with Crippen LogP contribution in [0.15, 0.2) is 18.2 Å². The molecule has 1 atom stereocenters. The third-order valence-electron chi connectivity index (χ3n) is 3.92. The molecule has 0 spiro atoms. The summed E-state index contributed by atoms with van der Waals surface area (Å²) >= 11 is 0. The van der Waals surface area contributed by atoms with Gasteiger partial charge in [0.05, 0.1) is 0 Å². The second-order valence-corrected chi connectivity index (χ2v) is 5.14. The van der Waals surface area contributed by atoms with Gasteiger partial charge in [-0.3, -0.25) is 4.90 Å². The summed E-state index contributed by atoms with van der Waals surface area (Å²) in [4.78, 5) is 2.53. The fraction of sp³-hybridized carbons (Fsp3) is 0.600. The van der Waals surface area contributed by atoms with Crippen LogP contribution in [0.3, 0.4) is 0 Å². The van der Waals surface area contributed by atoms with Crippen molar-refractivity contribution in [1.29, 1.82) is 0 Å². The highest BCUT2D eigenvalue weighted by atomic mass is 16.3.